The van der Waals surface area contributed by atoms with Crippen LogP contribution in [0.5, 0.6) is 0 Å². The number of benzene rings is 2. The largest absolute Gasteiger partial charge is 0.418 e. The van der Waals surface area contributed by atoms with Crippen LogP contribution in [0.1, 0.15) is 29.5 Å². The van der Waals surface area contributed by atoms with E-state index >= 15 is 0 Å². The lowest BCUT2D eigenvalue weighted by Crippen LogP contribution is -2.29. The van der Waals surface area contributed by atoms with E-state index in [4.69, 9.17) is 23.2 Å². The Morgan fingerprint density at radius 1 is 1.03 bits per heavy atom. The molecule has 1 aromatic heterocycles. The minimum atomic E-state index is -4.69. The number of aliphatic hydroxyl groups excluding tert-OH is 1. The van der Waals surface area contributed by atoms with Crippen LogP contribution in [-0.2, 0) is 19.0 Å². The third-order valence-electron chi connectivity index (χ3n) is 6.39. The lowest BCUT2D eigenvalue weighted by Gasteiger charge is -2.22. The van der Waals surface area contributed by atoms with Gasteiger partial charge in [-0.1, -0.05) is 29.3 Å². The Morgan fingerprint density at radius 3 is 2.47 bits per heavy atom. The number of halogens is 5. The van der Waals surface area contributed by atoms with E-state index in [9.17, 15) is 23.1 Å². The summed E-state index contributed by atoms with van der Waals surface area (Å²) >= 11 is 12.2. The summed E-state index contributed by atoms with van der Waals surface area (Å²) in [6.45, 7) is 0.818. The number of β-amino-alcohol motifs (C(OH)–C–C–N with tert-alkyl or cyclic N) is 1. The van der Waals surface area contributed by atoms with E-state index in [2.05, 4.69) is 5.10 Å². The van der Waals surface area contributed by atoms with Gasteiger partial charge in [0, 0.05) is 29.9 Å². The molecule has 10 heteroatoms. The molecule has 3 aromatic rings. The molecule has 5 nitrogen and oxygen atoms in total. The van der Waals surface area contributed by atoms with Crippen molar-refractivity contribution in [1.82, 2.24) is 9.78 Å². The number of anilines is 1. The molecule has 5 rings (SSSR count). The van der Waals surface area contributed by atoms with Gasteiger partial charge in [0.1, 0.15) is 0 Å². The van der Waals surface area contributed by atoms with Gasteiger partial charge in [-0.2, -0.15) is 23.0 Å². The van der Waals surface area contributed by atoms with E-state index in [1.165, 1.54) is 12.1 Å². The van der Waals surface area contributed by atoms with Gasteiger partial charge in [-0.3, -0.25) is 4.79 Å². The number of aromatic nitrogens is 2. The molecule has 178 valence electrons. The van der Waals surface area contributed by atoms with Crippen molar-refractivity contribution in [3.8, 4) is 16.9 Å². The standard InChI is InChI=1S/C24H20Cl2F3N3O2/c25-19-7-4-13(10-20(19)26)22-16-2-1-3-17(16)23(34)32(30-22)21-11-14(31-9-8-15(33)12-31)5-6-18(21)24(27,28)29/h4-7,10-11,15,33H,1-3,8-9,12H2. The molecule has 1 aliphatic heterocycles. The lowest BCUT2D eigenvalue weighted by atomic mass is 10.0. The molecule has 2 aromatic carbocycles. The minimum absolute atomic E-state index is 0.288. The highest BCUT2D eigenvalue weighted by Gasteiger charge is 2.36. The van der Waals surface area contributed by atoms with Crippen LogP contribution in [0.4, 0.5) is 18.9 Å². The summed E-state index contributed by atoms with van der Waals surface area (Å²) in [5.74, 6) is 0. The van der Waals surface area contributed by atoms with Crippen LogP contribution in [0.15, 0.2) is 41.2 Å². The molecule has 0 bridgehead atoms. The van der Waals surface area contributed by atoms with Crippen LogP contribution in [0, 0.1) is 0 Å². The summed E-state index contributed by atoms with van der Waals surface area (Å²) < 4.78 is 42.9. The molecule has 2 aliphatic rings. The molecule has 1 saturated heterocycles. The molecule has 1 fully saturated rings. The lowest BCUT2D eigenvalue weighted by molar-refractivity contribution is -0.137. The van der Waals surface area contributed by atoms with Crippen LogP contribution in [-0.4, -0.2) is 34.1 Å². The van der Waals surface area contributed by atoms with Gasteiger partial charge in [0.2, 0.25) is 0 Å². The predicted molar refractivity (Wildman–Crippen MR) is 125 cm³/mol. The maximum atomic E-state index is 14.0. The van der Waals surface area contributed by atoms with E-state index in [0.717, 1.165) is 16.3 Å². The second kappa shape index (κ2) is 8.59. The van der Waals surface area contributed by atoms with Gasteiger partial charge in [0.05, 0.1) is 33.1 Å². The molecule has 1 atom stereocenters. The second-order valence-corrected chi connectivity index (χ2v) is 9.41. The Kier molecular flexibility index (Phi) is 5.86. The van der Waals surface area contributed by atoms with Crippen LogP contribution >= 0.6 is 23.2 Å². The molecule has 1 unspecified atom stereocenters. The normalized spacial score (nSPS) is 17.9. The Labute approximate surface area is 203 Å². The Hall–Kier alpha value is -2.55. The zero-order valence-electron chi connectivity index (χ0n) is 17.9. The molecular weight excluding hydrogens is 490 g/mol. The van der Waals surface area contributed by atoms with Crippen molar-refractivity contribution in [2.45, 2.75) is 38.0 Å². The van der Waals surface area contributed by atoms with E-state index in [1.54, 1.807) is 23.1 Å². The van der Waals surface area contributed by atoms with E-state index in [-0.39, 0.29) is 10.7 Å². The van der Waals surface area contributed by atoms with Gasteiger partial charge >= 0.3 is 6.18 Å². The van der Waals surface area contributed by atoms with Gasteiger partial charge in [0.25, 0.3) is 5.56 Å². The Morgan fingerprint density at radius 2 is 1.79 bits per heavy atom. The number of hydrogen-bond donors (Lipinski definition) is 1. The minimum Gasteiger partial charge on any atom is -0.391 e. The first kappa shape index (κ1) is 23.2. The van der Waals surface area contributed by atoms with Crippen molar-refractivity contribution in [3.05, 3.63) is 73.5 Å². The van der Waals surface area contributed by atoms with Crippen LogP contribution in [0.2, 0.25) is 10.0 Å². The third kappa shape index (κ3) is 4.08. The predicted octanol–water partition coefficient (Wildman–Crippen LogP) is 5.28. The van der Waals surface area contributed by atoms with Crippen molar-refractivity contribution < 1.29 is 18.3 Å². The highest BCUT2D eigenvalue weighted by atomic mass is 35.5. The number of fused-ring (bicyclic) bond motifs is 1. The summed E-state index contributed by atoms with van der Waals surface area (Å²) in [7, 11) is 0. The first-order valence-electron chi connectivity index (χ1n) is 10.9. The van der Waals surface area contributed by atoms with Gasteiger partial charge in [0.15, 0.2) is 0 Å². The van der Waals surface area contributed by atoms with E-state index in [1.807, 2.05) is 0 Å². The summed E-state index contributed by atoms with van der Waals surface area (Å²) in [5, 5.41) is 15.0. The SMILES string of the molecule is O=c1c2c(c(-c3ccc(Cl)c(Cl)c3)nn1-c1cc(N3CCC(O)C3)ccc1C(F)(F)F)CCC2. The average Bonchev–Trinajstić information content (AvgIpc) is 3.45. The van der Waals surface area contributed by atoms with Crippen LogP contribution < -0.4 is 10.5 Å². The monoisotopic (exact) mass is 509 g/mol. The number of aliphatic hydroxyl groups is 1. The van der Waals surface area contributed by atoms with Crippen molar-refractivity contribution in [3.63, 3.8) is 0 Å². The van der Waals surface area contributed by atoms with Crippen LogP contribution in [0.25, 0.3) is 16.9 Å². The van der Waals surface area contributed by atoms with Crippen LogP contribution in [0.3, 0.4) is 0 Å². The highest BCUT2D eigenvalue weighted by molar-refractivity contribution is 6.42. The molecule has 1 N–H and O–H groups in total. The van der Waals surface area contributed by atoms with Crippen molar-refractivity contribution >= 4 is 28.9 Å². The molecule has 0 radical (unpaired) electrons. The maximum absolute atomic E-state index is 14.0. The fourth-order valence-electron chi connectivity index (χ4n) is 4.72. The summed E-state index contributed by atoms with van der Waals surface area (Å²) in [6.07, 6.45) is -2.94. The smallest absolute Gasteiger partial charge is 0.391 e. The summed E-state index contributed by atoms with van der Waals surface area (Å²) in [5.41, 5.74) is 0.828. The number of alkyl halides is 3. The molecule has 1 aliphatic carbocycles. The zero-order chi connectivity index (χ0) is 24.2. The van der Waals surface area contributed by atoms with E-state index < -0.39 is 23.4 Å². The number of nitrogens with zero attached hydrogens (tertiary/aromatic N) is 3. The summed E-state index contributed by atoms with van der Waals surface area (Å²) in [4.78, 5) is 15.2. The third-order valence-corrected chi connectivity index (χ3v) is 7.13. The fraction of sp³-hybridized carbons (Fsp3) is 0.333. The molecular formula is C24H20Cl2F3N3O2. The number of rotatable bonds is 3. The highest BCUT2D eigenvalue weighted by Crippen LogP contribution is 2.38. The van der Waals surface area contributed by atoms with Gasteiger partial charge < -0.3 is 10.0 Å². The topological polar surface area (TPSA) is 58.4 Å². The molecule has 0 spiro atoms. The quantitative estimate of drug-likeness (QED) is 0.521. The maximum Gasteiger partial charge on any atom is 0.418 e. The first-order valence-corrected chi connectivity index (χ1v) is 11.6. The Balaban J connectivity index is 1.75. The van der Waals surface area contributed by atoms with Crippen molar-refractivity contribution in [2.24, 2.45) is 0 Å². The first-order chi connectivity index (χ1) is 16.1. The average molecular weight is 510 g/mol. The fourth-order valence-corrected chi connectivity index (χ4v) is 5.02. The molecule has 0 saturated carbocycles. The summed E-state index contributed by atoms with van der Waals surface area (Å²) in [6, 6.07) is 8.55. The van der Waals surface area contributed by atoms with Gasteiger partial charge in [-0.05, 0) is 61.6 Å². The Bertz CT molecular complexity index is 1340. The number of hydrogen-bond acceptors (Lipinski definition) is 4. The zero-order valence-corrected chi connectivity index (χ0v) is 19.4. The second-order valence-electron chi connectivity index (χ2n) is 8.59. The molecule has 34 heavy (non-hydrogen) atoms. The van der Waals surface area contributed by atoms with Crippen molar-refractivity contribution in [1.29, 1.82) is 0 Å². The van der Waals surface area contributed by atoms with Gasteiger partial charge in [-0.25, -0.2) is 0 Å². The van der Waals surface area contributed by atoms with E-state index in [0.29, 0.717) is 66.3 Å². The van der Waals surface area contributed by atoms with Crippen molar-refractivity contribution in [2.75, 3.05) is 18.0 Å². The van der Waals surface area contributed by atoms with Gasteiger partial charge in [-0.15, -0.1) is 0 Å². The molecule has 2 heterocycles. The molecule has 0 amide bonds.